The third-order valence-corrected chi connectivity index (χ3v) is 22.9. The minimum atomic E-state index is -4.51. The third-order valence-electron chi connectivity index (χ3n) is 22.4. The van der Waals surface area contributed by atoms with Crippen LogP contribution in [0, 0.1) is 35.5 Å². The summed E-state index contributed by atoms with van der Waals surface area (Å²) in [5.74, 6) is -11.0. The molecule has 560 valence electrons. The van der Waals surface area contributed by atoms with E-state index in [9.17, 15) is 51.5 Å². The zero-order valence-electron chi connectivity index (χ0n) is 61.0. The number of nitrogens with one attached hydrogen (secondary N) is 4. The molecule has 12 amide bonds. The summed E-state index contributed by atoms with van der Waals surface area (Å²) in [4.78, 5) is 188. The van der Waals surface area contributed by atoms with Gasteiger partial charge in [0.25, 0.3) is 0 Å². The Morgan fingerprint density at radius 2 is 1.16 bits per heavy atom. The monoisotopic (exact) mass is 1420 g/mol. The van der Waals surface area contributed by atoms with Crippen molar-refractivity contribution >= 4 is 82.5 Å². The molecule has 6 aliphatic rings. The summed E-state index contributed by atoms with van der Waals surface area (Å²) in [7, 11) is 10.0. The molecule has 99 heavy (non-hydrogen) atoms. The van der Waals surface area contributed by atoms with Gasteiger partial charge in [-0.15, -0.1) is 11.6 Å². The van der Waals surface area contributed by atoms with Crippen molar-refractivity contribution in [2.24, 2.45) is 35.5 Å². The summed E-state index contributed by atoms with van der Waals surface area (Å²) in [6, 6.07) is -8.81. The second kappa shape index (κ2) is 37.1. The van der Waals surface area contributed by atoms with Crippen LogP contribution in [0.5, 0.6) is 0 Å². The van der Waals surface area contributed by atoms with Crippen LogP contribution in [0.25, 0.3) is 0 Å². The van der Waals surface area contributed by atoms with Crippen LogP contribution in [-0.2, 0) is 57.5 Å². The number of amides is 12. The number of piperidine rings is 1. The predicted molar refractivity (Wildman–Crippen MR) is 367 cm³/mol. The van der Waals surface area contributed by atoms with Gasteiger partial charge in [0.1, 0.15) is 47.8 Å². The van der Waals surface area contributed by atoms with Crippen molar-refractivity contribution in [3.8, 4) is 0 Å². The fourth-order valence-electron chi connectivity index (χ4n) is 15.7. The van der Waals surface area contributed by atoms with Crippen LogP contribution in [0.15, 0.2) is 0 Å². The molecule has 11 atom stereocenters. The van der Waals surface area contributed by atoms with Gasteiger partial charge < -0.3 is 60.5 Å². The number of rotatable bonds is 11. The van der Waals surface area contributed by atoms with Crippen LogP contribution < -0.4 is 21.3 Å². The van der Waals surface area contributed by atoms with Gasteiger partial charge in [-0.1, -0.05) is 98.3 Å². The smallest absolute Gasteiger partial charge is 0.343 e. The van der Waals surface area contributed by atoms with Gasteiger partial charge in [-0.2, -0.15) is 13.2 Å². The van der Waals surface area contributed by atoms with Crippen molar-refractivity contribution in [2.75, 3.05) is 82.1 Å². The molecule has 3 unspecified atom stereocenters. The highest BCUT2D eigenvalue weighted by Gasteiger charge is 2.51. The Morgan fingerprint density at radius 1 is 0.586 bits per heavy atom. The van der Waals surface area contributed by atoms with Crippen molar-refractivity contribution < 1.29 is 70.7 Å². The lowest BCUT2D eigenvalue weighted by atomic mass is 9.79. The topological polar surface area (TPSA) is 279 Å². The Hall–Kier alpha value is -6.28. The zero-order valence-corrected chi connectivity index (χ0v) is 61.7. The summed E-state index contributed by atoms with van der Waals surface area (Å²) in [5.41, 5.74) is -1.58. The van der Waals surface area contributed by atoms with E-state index in [2.05, 4.69) is 21.3 Å². The first-order chi connectivity index (χ1) is 46.6. The highest BCUT2D eigenvalue weighted by molar-refractivity contribution is 6.20. The molecular weight excluding hydrogens is 1310 g/mol. The second-order valence-corrected chi connectivity index (χ2v) is 30.8. The quantitative estimate of drug-likeness (QED) is 0.174. The summed E-state index contributed by atoms with van der Waals surface area (Å²) in [6.07, 6.45) is 7.12. The lowest BCUT2D eigenvalue weighted by Crippen LogP contribution is -2.65. The van der Waals surface area contributed by atoms with Gasteiger partial charge in [-0.25, -0.2) is 0 Å². The number of nitrogens with zero attached hydrogens (tertiary/aromatic N) is 8. The zero-order chi connectivity index (χ0) is 73.4. The molecule has 0 radical (unpaired) electrons. The first-order valence-corrected chi connectivity index (χ1v) is 37.0. The fourth-order valence-corrected chi connectivity index (χ4v) is 16.3. The highest BCUT2D eigenvalue weighted by Crippen LogP contribution is 2.44. The first-order valence-electron chi connectivity index (χ1n) is 36.6. The highest BCUT2D eigenvalue weighted by atomic mass is 35.5. The number of likely N-dealkylation sites (tertiary alicyclic amines) is 1. The van der Waals surface area contributed by atoms with Crippen LogP contribution in [0.1, 0.15) is 202 Å². The molecule has 6 rings (SSSR count). The Balaban J connectivity index is 1.40. The van der Waals surface area contributed by atoms with E-state index in [-0.39, 0.29) is 75.5 Å². The first kappa shape index (κ1) is 81.7. The average molecular weight is 1420 g/mol. The maximum atomic E-state index is 15.7. The van der Waals surface area contributed by atoms with Crippen LogP contribution >= 0.6 is 11.6 Å². The molecule has 4 aliphatic carbocycles. The molecule has 0 bridgehead atoms. The lowest BCUT2D eigenvalue weighted by molar-refractivity contribution is -0.182. The van der Waals surface area contributed by atoms with Crippen LogP contribution in [0.4, 0.5) is 13.2 Å². The normalized spacial score (nSPS) is 29.6. The Morgan fingerprint density at radius 3 is 1.75 bits per heavy atom. The minimum Gasteiger partial charge on any atom is -0.343 e. The van der Waals surface area contributed by atoms with E-state index in [1.54, 1.807) is 11.8 Å². The van der Waals surface area contributed by atoms with E-state index in [1.807, 2.05) is 20.8 Å². The Kier molecular flexibility index (Phi) is 30.6. The van der Waals surface area contributed by atoms with Crippen molar-refractivity contribution in [1.82, 2.24) is 60.5 Å². The molecule has 2 aliphatic heterocycles. The number of halogens is 4. The van der Waals surface area contributed by atoms with Crippen molar-refractivity contribution in [2.45, 2.75) is 261 Å². The standard InChI is InChI=1S/C71H116ClF3N12O12/c1-13-45(4)60-67(97)82(8)42-58(90)80(6)43-59(91)84(10)54(39-47-25-17-14-18-26-47)65(95)81(7)41-56(88)77-52(32-30-48-29-31-50(51(72)38-48)71(73,74)75)63(93)76-46(5)62(92)79-70(33-21-22-34-70)69(99)86(12)61(49-27-19-15-20-28-49)68(98)85(11)55(66(96)87-35-23-16-24-36-87)40-57(89)83(9)53(37-44(2)3)64(94)78-60/h44-55,60-61H,13-43H2,1-12H3,(H,76,93)(H,77,88)(H,78,94)(H,79,92)/t45-,46+,48?,50?,51?,52-,53-,54-,55-,60-,61-/m0/s1. The van der Waals surface area contributed by atoms with Gasteiger partial charge in [0.15, 0.2) is 0 Å². The molecule has 0 aromatic rings. The molecule has 6 fully saturated rings. The summed E-state index contributed by atoms with van der Waals surface area (Å²) < 4.78 is 41.8. The van der Waals surface area contributed by atoms with Gasteiger partial charge in [0, 0.05) is 67.8 Å². The third kappa shape index (κ3) is 21.9. The van der Waals surface area contributed by atoms with Gasteiger partial charge in [-0.3, -0.25) is 57.5 Å². The lowest BCUT2D eigenvalue weighted by Gasteiger charge is -2.43. The number of hydrogen-bond donors (Lipinski definition) is 4. The number of hydrogen-bond acceptors (Lipinski definition) is 12. The number of likely N-dealkylation sites (N-methyl/N-ethyl adjacent to an activating group) is 7. The summed E-state index contributed by atoms with van der Waals surface area (Å²) in [6.45, 7) is 7.86. The molecule has 2 heterocycles. The number of carbonyl (C=O) groups is 12. The number of alkyl halides is 4. The van der Waals surface area contributed by atoms with Crippen molar-refractivity contribution in [1.29, 1.82) is 0 Å². The average Bonchev–Trinajstić information content (AvgIpc) is 1.77. The van der Waals surface area contributed by atoms with Crippen LogP contribution in [0.2, 0.25) is 0 Å². The molecule has 1 spiro atoms. The molecule has 24 nitrogen and oxygen atoms in total. The van der Waals surface area contributed by atoms with E-state index >= 15 is 19.2 Å². The predicted octanol–water partition coefficient (Wildman–Crippen LogP) is 6.00. The summed E-state index contributed by atoms with van der Waals surface area (Å²) >= 11 is 6.35. The van der Waals surface area contributed by atoms with Gasteiger partial charge in [0.2, 0.25) is 70.9 Å². The minimum absolute atomic E-state index is 0.0133. The SMILES string of the molecule is CC[C@H](C)[C@@H]1NC(=O)[C@H](CC(C)C)N(C)C(=O)C[C@@H](C(=O)N2CCCCC2)N(C)C(=O)[C@H](C2CCCCC2)N(C)C(=O)C2(CCCC2)NC(=O)[C@@H](C)NC(=O)[C@H](CCC2CCC(C(F)(F)F)C(Cl)C2)NC(=O)CN(C)C(=O)[C@H](CC2CCCCC2)N(C)C(=O)CN(C)C(=O)CN(C)C1=O. The van der Waals surface area contributed by atoms with E-state index in [0.717, 1.165) is 72.5 Å². The second-order valence-electron chi connectivity index (χ2n) is 30.3. The van der Waals surface area contributed by atoms with Crippen molar-refractivity contribution in [3.63, 3.8) is 0 Å². The van der Waals surface area contributed by atoms with E-state index in [1.165, 1.54) is 75.9 Å². The van der Waals surface area contributed by atoms with Gasteiger partial charge >= 0.3 is 6.18 Å². The maximum absolute atomic E-state index is 15.7. The molecule has 0 aromatic carbocycles. The molecule has 2 saturated heterocycles. The molecular formula is C71H116ClF3N12O12. The Labute approximate surface area is 589 Å². The van der Waals surface area contributed by atoms with Gasteiger partial charge in [0.05, 0.1) is 32.0 Å². The number of carbonyl (C=O) groups excluding carboxylic acids is 12. The largest absolute Gasteiger partial charge is 0.393 e. The summed E-state index contributed by atoms with van der Waals surface area (Å²) in [5, 5.41) is 10.1. The van der Waals surface area contributed by atoms with Crippen LogP contribution in [-0.4, -0.2) is 252 Å². The van der Waals surface area contributed by atoms with E-state index in [4.69, 9.17) is 11.6 Å². The fraction of sp³-hybridized carbons (Fsp3) is 0.831. The molecule has 0 aromatic heterocycles. The van der Waals surface area contributed by atoms with Gasteiger partial charge in [-0.05, 0) is 126 Å². The van der Waals surface area contributed by atoms with Crippen molar-refractivity contribution in [3.05, 3.63) is 0 Å². The molecule has 28 heteroatoms. The maximum Gasteiger partial charge on any atom is 0.393 e. The van der Waals surface area contributed by atoms with E-state index < -0.39 is 174 Å². The molecule has 4 N–H and O–H groups in total. The van der Waals surface area contributed by atoms with E-state index in [0.29, 0.717) is 58.0 Å². The molecule has 4 saturated carbocycles. The van der Waals surface area contributed by atoms with Crippen LogP contribution in [0.3, 0.4) is 0 Å². The Bertz CT molecular complexity index is 2830.